The normalized spacial score (nSPS) is 26.2. The van der Waals surface area contributed by atoms with Crippen LogP contribution in [0.25, 0.3) is 0 Å². The largest absolute Gasteiger partial charge is 0.508 e. The maximum Gasteiger partial charge on any atom is 0.327 e. The maximum absolute atomic E-state index is 12.4. The minimum Gasteiger partial charge on any atom is -0.508 e. The molecule has 9 heteroatoms. The van der Waals surface area contributed by atoms with E-state index < -0.39 is 22.8 Å². The van der Waals surface area contributed by atoms with Gasteiger partial charge in [-0.2, -0.15) is 0 Å². The quantitative estimate of drug-likeness (QED) is 0.530. The van der Waals surface area contributed by atoms with E-state index in [2.05, 4.69) is 5.32 Å². The Hall–Kier alpha value is -2.26. The number of β-lactam (4-membered cyclic amide) rings is 1. The van der Waals surface area contributed by atoms with Gasteiger partial charge in [0.05, 0.1) is 6.42 Å². The topological polar surface area (TPSA) is 133 Å². The first kappa shape index (κ1) is 18.5. The lowest BCUT2D eigenvalue weighted by molar-refractivity contribution is -0.161. The van der Waals surface area contributed by atoms with Crippen LogP contribution in [0.1, 0.15) is 25.0 Å². The molecule has 3 atom stereocenters. The summed E-state index contributed by atoms with van der Waals surface area (Å²) in [5.74, 6) is -1.69. The Morgan fingerprint density at radius 1 is 1.35 bits per heavy atom. The first-order valence-corrected chi connectivity index (χ1v) is 9.06. The lowest BCUT2D eigenvalue weighted by Crippen LogP contribution is -2.70. The molecule has 2 heterocycles. The van der Waals surface area contributed by atoms with Crippen LogP contribution in [0.5, 0.6) is 5.75 Å². The van der Waals surface area contributed by atoms with E-state index in [0.29, 0.717) is 11.1 Å². The average molecular weight is 379 g/mol. The van der Waals surface area contributed by atoms with Gasteiger partial charge in [-0.05, 0) is 37.1 Å². The number of carboxylic acids is 1. The van der Waals surface area contributed by atoms with Gasteiger partial charge in [0.2, 0.25) is 11.8 Å². The smallest absolute Gasteiger partial charge is 0.327 e. The van der Waals surface area contributed by atoms with Crippen molar-refractivity contribution in [2.45, 2.75) is 49.0 Å². The summed E-state index contributed by atoms with van der Waals surface area (Å²) < 4.78 is -0.630. The summed E-state index contributed by atoms with van der Waals surface area (Å²) in [4.78, 5) is 37.6. The van der Waals surface area contributed by atoms with Crippen LogP contribution in [0, 0.1) is 0 Å². The first-order valence-electron chi connectivity index (χ1n) is 8.18. The molecule has 0 spiro atoms. The number of carbonyl (C=O) groups excluding carboxylic acids is 2. The van der Waals surface area contributed by atoms with Gasteiger partial charge in [-0.15, -0.1) is 11.8 Å². The Kier molecular flexibility index (Phi) is 4.61. The molecule has 0 aromatic heterocycles. The molecule has 2 saturated heterocycles. The molecule has 0 bridgehead atoms. The van der Waals surface area contributed by atoms with Crippen LogP contribution in [-0.2, 0) is 27.3 Å². The number of thioether (sulfide) groups is 1. The van der Waals surface area contributed by atoms with Crippen LogP contribution in [0.3, 0.4) is 0 Å². The van der Waals surface area contributed by atoms with E-state index in [0.717, 1.165) is 0 Å². The number of nitrogens with one attached hydrogen (secondary N) is 1. The number of fused-ring (bicyclic) bond motifs is 1. The summed E-state index contributed by atoms with van der Waals surface area (Å²) in [7, 11) is 0. The van der Waals surface area contributed by atoms with Crippen molar-refractivity contribution in [1.29, 1.82) is 0 Å². The molecule has 2 aliphatic rings. The lowest BCUT2D eigenvalue weighted by atomic mass is 9.96. The van der Waals surface area contributed by atoms with Crippen molar-refractivity contribution >= 4 is 29.5 Å². The zero-order valence-electron chi connectivity index (χ0n) is 14.4. The molecule has 1 unspecified atom stereocenters. The molecule has 1 aromatic carbocycles. The number of hydrogen-bond acceptors (Lipinski definition) is 6. The number of carbonyl (C=O) groups is 3. The zero-order valence-corrected chi connectivity index (χ0v) is 15.2. The van der Waals surface area contributed by atoms with Gasteiger partial charge in [0.25, 0.3) is 0 Å². The van der Waals surface area contributed by atoms with E-state index in [-0.39, 0.29) is 35.9 Å². The number of hydrogen-bond donors (Lipinski definition) is 4. The minimum absolute atomic E-state index is 0.0275. The highest BCUT2D eigenvalue weighted by Crippen LogP contribution is 2.50. The Morgan fingerprint density at radius 2 is 2.04 bits per heavy atom. The van der Waals surface area contributed by atoms with Crippen LogP contribution in [0.4, 0.5) is 0 Å². The number of aromatic hydroxyl groups is 1. The van der Waals surface area contributed by atoms with E-state index >= 15 is 0 Å². The number of rotatable bonds is 5. The third kappa shape index (κ3) is 3.01. The second kappa shape index (κ2) is 6.48. The van der Waals surface area contributed by atoms with Crippen LogP contribution in [0.2, 0.25) is 0 Å². The summed E-state index contributed by atoms with van der Waals surface area (Å²) in [5.41, 5.74) is 6.97. The highest BCUT2D eigenvalue weighted by molar-refractivity contribution is 8.01. The fourth-order valence-electron chi connectivity index (χ4n) is 3.52. The predicted molar refractivity (Wildman–Crippen MR) is 95.4 cm³/mol. The number of carboxylic acid groups (broad SMARTS) is 1. The van der Waals surface area contributed by atoms with Gasteiger partial charge in [-0.3, -0.25) is 9.59 Å². The molecule has 2 fully saturated rings. The summed E-state index contributed by atoms with van der Waals surface area (Å²) in [6, 6.07) is 2.98. The highest BCUT2D eigenvalue weighted by Gasteiger charge is 2.64. The van der Waals surface area contributed by atoms with Crippen LogP contribution in [-0.4, -0.2) is 55.1 Å². The molecule has 5 N–H and O–H groups in total. The van der Waals surface area contributed by atoms with Crippen molar-refractivity contribution in [2.24, 2.45) is 5.73 Å². The van der Waals surface area contributed by atoms with Gasteiger partial charge in [0, 0.05) is 11.3 Å². The lowest BCUT2D eigenvalue weighted by Gasteiger charge is -2.43. The average Bonchev–Trinajstić information content (AvgIpc) is 2.82. The van der Waals surface area contributed by atoms with Gasteiger partial charge < -0.3 is 26.2 Å². The Balaban J connectivity index is 1.69. The van der Waals surface area contributed by atoms with Crippen molar-refractivity contribution in [3.63, 3.8) is 0 Å². The number of phenolic OH excluding ortho intramolecular Hbond substituents is 1. The highest BCUT2D eigenvalue weighted by atomic mass is 32.2. The van der Waals surface area contributed by atoms with Crippen LogP contribution >= 0.6 is 11.8 Å². The molecule has 0 saturated carbocycles. The second-order valence-electron chi connectivity index (χ2n) is 6.98. The van der Waals surface area contributed by atoms with E-state index in [1.807, 2.05) is 0 Å². The third-order valence-corrected chi connectivity index (χ3v) is 6.32. The van der Waals surface area contributed by atoms with Crippen LogP contribution < -0.4 is 11.1 Å². The number of amides is 2. The van der Waals surface area contributed by atoms with Crippen LogP contribution in [0.15, 0.2) is 18.2 Å². The van der Waals surface area contributed by atoms with Gasteiger partial charge in [-0.25, -0.2) is 4.79 Å². The number of aliphatic carboxylic acids is 1. The number of nitrogens with zero attached hydrogens (tertiary/aromatic N) is 1. The molecule has 1 aromatic rings. The van der Waals surface area contributed by atoms with Gasteiger partial charge in [0.15, 0.2) is 0 Å². The fraction of sp³-hybridized carbons (Fsp3) is 0.471. The number of phenols is 1. The van der Waals surface area contributed by atoms with Gasteiger partial charge in [0.1, 0.15) is 23.2 Å². The molecular weight excluding hydrogens is 358 g/mol. The van der Waals surface area contributed by atoms with Crippen molar-refractivity contribution in [1.82, 2.24) is 10.2 Å². The standard InChI is InChI=1S/C17H21N3O5S/c1-17(2)13(16(24)25)20-14(23)12(15(20)26-17)19-11(22)6-8-3-4-10(21)5-9(8)7-18/h3-5,12-13,15,21H,6-7,18H2,1-2H3,(H,19,22)(H,24,25)/t12?,13-,15+/m0/s1. The molecule has 0 radical (unpaired) electrons. The summed E-state index contributed by atoms with van der Waals surface area (Å²) in [5, 5.41) is 21.2. The Bertz CT molecular complexity index is 782. The van der Waals surface area contributed by atoms with Gasteiger partial charge in [-0.1, -0.05) is 6.07 Å². The number of nitrogens with two attached hydrogens (primary N) is 1. The monoisotopic (exact) mass is 379 g/mol. The summed E-state index contributed by atoms with van der Waals surface area (Å²) in [6.07, 6.45) is 0.0275. The minimum atomic E-state index is -1.04. The maximum atomic E-state index is 12.4. The Labute approximate surface area is 154 Å². The molecule has 0 aliphatic carbocycles. The zero-order chi connectivity index (χ0) is 19.2. The van der Waals surface area contributed by atoms with E-state index in [1.165, 1.54) is 28.8 Å². The molecule has 2 aliphatic heterocycles. The Morgan fingerprint density at radius 3 is 2.65 bits per heavy atom. The van der Waals surface area contributed by atoms with Crippen molar-refractivity contribution in [3.05, 3.63) is 29.3 Å². The van der Waals surface area contributed by atoms with Gasteiger partial charge >= 0.3 is 5.97 Å². The third-order valence-electron chi connectivity index (χ3n) is 4.75. The molecular formula is C17H21N3O5S. The van der Waals surface area contributed by atoms with E-state index in [4.69, 9.17) is 5.73 Å². The second-order valence-corrected chi connectivity index (χ2v) is 8.75. The molecule has 3 rings (SSSR count). The molecule has 140 valence electrons. The molecule has 26 heavy (non-hydrogen) atoms. The van der Waals surface area contributed by atoms with E-state index in [9.17, 15) is 24.6 Å². The fourth-order valence-corrected chi connectivity index (χ4v) is 5.14. The predicted octanol–water partition coefficient (Wildman–Crippen LogP) is 0.0251. The summed E-state index contributed by atoms with van der Waals surface area (Å²) >= 11 is 1.38. The SMILES string of the molecule is CC1(C)S[C@@H]2C(NC(=O)Cc3ccc(O)cc3CN)C(=O)N2[C@H]1C(=O)O. The first-order chi connectivity index (χ1) is 12.2. The molecule has 2 amide bonds. The van der Waals surface area contributed by atoms with Crippen molar-refractivity contribution < 1.29 is 24.6 Å². The van der Waals surface area contributed by atoms with Crippen molar-refractivity contribution in [2.75, 3.05) is 0 Å². The van der Waals surface area contributed by atoms with E-state index in [1.54, 1.807) is 19.9 Å². The summed E-state index contributed by atoms with van der Waals surface area (Å²) in [6.45, 7) is 3.75. The molecule has 8 nitrogen and oxygen atoms in total. The van der Waals surface area contributed by atoms with Crippen molar-refractivity contribution in [3.8, 4) is 5.75 Å². The number of benzene rings is 1.